The lowest BCUT2D eigenvalue weighted by atomic mass is 9.90. The first-order chi connectivity index (χ1) is 15.9. The van der Waals surface area contributed by atoms with Crippen molar-refractivity contribution < 1.29 is 18.5 Å². The Morgan fingerprint density at radius 1 is 1.00 bits per heavy atom. The van der Waals surface area contributed by atoms with Gasteiger partial charge in [-0.3, -0.25) is 9.52 Å². The van der Waals surface area contributed by atoms with Gasteiger partial charge in [0.05, 0.1) is 12.0 Å². The molecule has 2 atom stereocenters. The third-order valence-corrected chi connectivity index (χ3v) is 7.44. The fourth-order valence-electron chi connectivity index (χ4n) is 4.84. The van der Waals surface area contributed by atoms with E-state index in [-0.39, 0.29) is 12.0 Å². The Hall–Kier alpha value is -3.38. The smallest absolute Gasteiger partial charge is 0.257 e. The summed E-state index contributed by atoms with van der Waals surface area (Å²) in [5, 5.41) is 0. The number of hydrogen-bond acceptors (Lipinski definition) is 4. The molecule has 1 unspecified atom stereocenters. The van der Waals surface area contributed by atoms with E-state index in [1.165, 1.54) is 39.5 Å². The van der Waals surface area contributed by atoms with Crippen LogP contribution < -0.4 is 14.2 Å². The van der Waals surface area contributed by atoms with Gasteiger partial charge < -0.3 is 9.47 Å². The van der Waals surface area contributed by atoms with Crippen LogP contribution in [0.1, 0.15) is 40.3 Å². The molecule has 3 aromatic rings. The Balaban J connectivity index is 1.41. The molecule has 168 valence electrons. The van der Waals surface area contributed by atoms with Gasteiger partial charge in [0.2, 0.25) is 0 Å². The molecule has 3 aromatic carbocycles. The van der Waals surface area contributed by atoms with Gasteiger partial charge in [-0.2, -0.15) is 0 Å². The molecule has 0 saturated carbocycles. The third kappa shape index (κ3) is 3.95. The summed E-state index contributed by atoms with van der Waals surface area (Å²) in [6.45, 7) is 4.26. The molecule has 33 heavy (non-hydrogen) atoms. The lowest BCUT2D eigenvalue weighted by Gasteiger charge is -2.18. The molecule has 1 aliphatic heterocycles. The van der Waals surface area contributed by atoms with E-state index in [0.29, 0.717) is 4.91 Å². The van der Waals surface area contributed by atoms with Crippen molar-refractivity contribution >= 4 is 21.8 Å². The molecule has 1 amide bonds. The number of hydrogen-bond donors (Lipinski definition) is 1. The van der Waals surface area contributed by atoms with Gasteiger partial charge in [-0.1, -0.05) is 30.3 Å². The number of aryl methyl sites for hydroxylation is 2. The summed E-state index contributed by atoms with van der Waals surface area (Å²) in [6.07, 6.45) is 3.23. The maximum absolute atomic E-state index is 12.0. The summed E-state index contributed by atoms with van der Waals surface area (Å²) >= 11 is 0. The first-order valence-corrected chi connectivity index (χ1v) is 12.1. The summed E-state index contributed by atoms with van der Waals surface area (Å²) < 4.78 is 26.2. The van der Waals surface area contributed by atoms with Crippen LogP contribution in [-0.2, 0) is 22.2 Å². The van der Waals surface area contributed by atoms with Gasteiger partial charge in [0.15, 0.2) is 11.0 Å². The molecule has 2 aliphatic rings. The van der Waals surface area contributed by atoms with Crippen LogP contribution >= 0.6 is 0 Å². The predicted octanol–water partition coefficient (Wildman–Crippen LogP) is 5.18. The number of methoxy groups -OCH3 is 1. The fraction of sp³-hybridized carbons (Fsp3) is 0.222. The van der Waals surface area contributed by atoms with Crippen molar-refractivity contribution in [2.45, 2.75) is 32.8 Å². The van der Waals surface area contributed by atoms with Gasteiger partial charge in [0.25, 0.3) is 5.91 Å². The summed E-state index contributed by atoms with van der Waals surface area (Å²) in [6, 6.07) is 18.1. The molecule has 5 rings (SSSR count). The number of amides is 1. The van der Waals surface area contributed by atoms with E-state index in [1.54, 1.807) is 7.11 Å². The van der Waals surface area contributed by atoms with Crippen LogP contribution in [0.15, 0.2) is 60.7 Å². The summed E-state index contributed by atoms with van der Waals surface area (Å²) in [4.78, 5) is 11.9. The van der Waals surface area contributed by atoms with Gasteiger partial charge in [-0.25, -0.2) is 4.21 Å². The van der Waals surface area contributed by atoms with Crippen molar-refractivity contribution in [1.82, 2.24) is 4.72 Å². The molecule has 0 bridgehead atoms. The lowest BCUT2D eigenvalue weighted by Crippen LogP contribution is -2.16. The number of benzene rings is 3. The molecule has 0 spiro atoms. The van der Waals surface area contributed by atoms with E-state index in [2.05, 4.69) is 48.9 Å². The van der Waals surface area contributed by atoms with Crippen molar-refractivity contribution in [3.63, 3.8) is 0 Å². The maximum atomic E-state index is 12.0. The highest BCUT2D eigenvalue weighted by atomic mass is 32.2. The number of fused-ring (bicyclic) bond motifs is 1. The first-order valence-electron chi connectivity index (χ1n) is 10.9. The van der Waals surface area contributed by atoms with Crippen LogP contribution in [0, 0.1) is 13.8 Å². The molecule has 1 N–H and O–H groups in total. The van der Waals surface area contributed by atoms with Crippen molar-refractivity contribution in [3.05, 3.63) is 88.5 Å². The van der Waals surface area contributed by atoms with Crippen LogP contribution in [0.5, 0.6) is 11.5 Å². The Labute approximate surface area is 196 Å². The SMILES string of the molecule is COc1cc(C)c(-c2cccc3c2CC[C@H]3Oc2ccc(C3=CC(=O)NS3=O)cc2)c(C)c1. The van der Waals surface area contributed by atoms with E-state index < -0.39 is 11.0 Å². The molecule has 0 fully saturated rings. The van der Waals surface area contributed by atoms with E-state index in [9.17, 15) is 9.00 Å². The molecule has 0 aromatic heterocycles. The second-order valence-corrected chi connectivity index (χ2v) is 9.60. The van der Waals surface area contributed by atoms with Crippen LogP contribution in [-0.4, -0.2) is 17.2 Å². The van der Waals surface area contributed by atoms with Crippen molar-refractivity contribution in [1.29, 1.82) is 0 Å². The summed E-state index contributed by atoms with van der Waals surface area (Å²) in [5.74, 6) is 1.30. The summed E-state index contributed by atoms with van der Waals surface area (Å²) in [5.41, 5.74) is 8.24. The van der Waals surface area contributed by atoms with E-state index in [0.717, 1.165) is 29.9 Å². The highest BCUT2D eigenvalue weighted by Crippen LogP contribution is 2.42. The number of carbonyl (C=O) groups excluding carboxylic acids is 1. The van der Waals surface area contributed by atoms with Crippen LogP contribution in [0.25, 0.3) is 16.0 Å². The average molecular weight is 460 g/mol. The predicted molar refractivity (Wildman–Crippen MR) is 130 cm³/mol. The molecule has 5 nitrogen and oxygen atoms in total. The minimum absolute atomic E-state index is 0.0206. The fourth-order valence-corrected chi connectivity index (χ4v) is 5.76. The molecule has 1 heterocycles. The first kappa shape index (κ1) is 21.5. The number of ether oxygens (including phenoxy) is 2. The van der Waals surface area contributed by atoms with Crippen molar-refractivity contribution in [3.8, 4) is 22.6 Å². The zero-order chi connectivity index (χ0) is 23.1. The van der Waals surface area contributed by atoms with Crippen molar-refractivity contribution in [2.24, 2.45) is 0 Å². The Kier molecular flexibility index (Phi) is 5.54. The van der Waals surface area contributed by atoms with Crippen LogP contribution in [0.3, 0.4) is 0 Å². The maximum Gasteiger partial charge on any atom is 0.257 e. The minimum Gasteiger partial charge on any atom is -0.497 e. The van der Waals surface area contributed by atoms with E-state index >= 15 is 0 Å². The van der Waals surface area contributed by atoms with Gasteiger partial charge in [-0.05, 0) is 89.9 Å². The second kappa shape index (κ2) is 8.52. The van der Waals surface area contributed by atoms with Gasteiger partial charge in [-0.15, -0.1) is 0 Å². The summed E-state index contributed by atoms with van der Waals surface area (Å²) in [7, 11) is 0.201. The second-order valence-electron chi connectivity index (χ2n) is 8.42. The average Bonchev–Trinajstić information content (AvgIpc) is 3.36. The zero-order valence-electron chi connectivity index (χ0n) is 18.8. The third-order valence-electron chi connectivity index (χ3n) is 6.30. The monoisotopic (exact) mass is 459 g/mol. The van der Waals surface area contributed by atoms with E-state index in [4.69, 9.17) is 9.47 Å². The van der Waals surface area contributed by atoms with Crippen LogP contribution in [0.4, 0.5) is 0 Å². The number of rotatable bonds is 5. The molecular formula is C27H25NO4S. The highest BCUT2D eigenvalue weighted by Gasteiger charge is 2.28. The molecule has 0 radical (unpaired) electrons. The molecular weight excluding hydrogens is 434 g/mol. The van der Waals surface area contributed by atoms with Gasteiger partial charge >= 0.3 is 0 Å². The van der Waals surface area contributed by atoms with Gasteiger partial charge in [0.1, 0.15) is 17.6 Å². The Morgan fingerprint density at radius 2 is 1.73 bits per heavy atom. The van der Waals surface area contributed by atoms with Gasteiger partial charge in [0, 0.05) is 6.08 Å². The highest BCUT2D eigenvalue weighted by molar-refractivity contribution is 7.93. The van der Waals surface area contributed by atoms with Crippen molar-refractivity contribution in [2.75, 3.05) is 7.11 Å². The molecule has 1 aliphatic carbocycles. The van der Waals surface area contributed by atoms with E-state index in [1.807, 2.05) is 24.3 Å². The quantitative estimate of drug-likeness (QED) is 0.571. The normalized spacial score (nSPS) is 19.1. The number of nitrogens with one attached hydrogen (secondary N) is 1. The Morgan fingerprint density at radius 3 is 2.36 bits per heavy atom. The molecule has 6 heteroatoms. The van der Waals surface area contributed by atoms with Crippen LogP contribution in [0.2, 0.25) is 0 Å². The zero-order valence-corrected chi connectivity index (χ0v) is 19.6. The largest absolute Gasteiger partial charge is 0.497 e. The number of carbonyl (C=O) groups is 1. The standard InChI is InChI=1S/C27H25NO4S/c1-16-13-20(31-3)14-17(2)27(16)23-6-4-5-22-21(23)11-12-24(22)32-19-9-7-18(8-10-19)25-15-26(29)28-33(25)30/h4-10,13-15,24H,11-12H2,1-3H3,(H,28,29)/t24-,33?/m1/s1. The Bertz CT molecular complexity index is 1290. The molecule has 0 saturated heterocycles. The minimum atomic E-state index is -1.50. The topological polar surface area (TPSA) is 64.6 Å². The lowest BCUT2D eigenvalue weighted by molar-refractivity contribution is -0.114.